The standard InChI is InChI=1S/C8H10N2O3/c1-12-7-5-8(13-2)10-6(9-7)3-4-11/h4-5H,3H2,1-2H3. The highest BCUT2D eigenvalue weighted by molar-refractivity contribution is 5.52. The van der Waals surface area contributed by atoms with E-state index in [-0.39, 0.29) is 6.42 Å². The molecule has 1 aromatic rings. The van der Waals surface area contributed by atoms with Crippen LogP contribution in [0.2, 0.25) is 0 Å². The quantitative estimate of drug-likeness (QED) is 0.624. The normalized spacial score (nSPS) is 9.38. The summed E-state index contributed by atoms with van der Waals surface area (Å²) in [5.74, 6) is 1.18. The summed E-state index contributed by atoms with van der Waals surface area (Å²) in [6.07, 6.45) is 0.891. The summed E-state index contributed by atoms with van der Waals surface area (Å²) in [4.78, 5) is 18.1. The van der Waals surface area contributed by atoms with Crippen molar-refractivity contribution in [3.8, 4) is 11.8 Å². The molecule has 0 fully saturated rings. The zero-order valence-corrected chi connectivity index (χ0v) is 7.48. The Morgan fingerprint density at radius 2 is 1.85 bits per heavy atom. The molecule has 0 saturated carbocycles. The minimum Gasteiger partial charge on any atom is -0.481 e. The first kappa shape index (κ1) is 9.44. The van der Waals surface area contributed by atoms with E-state index >= 15 is 0 Å². The molecular weight excluding hydrogens is 172 g/mol. The molecule has 1 heterocycles. The molecule has 0 bridgehead atoms. The number of aromatic nitrogens is 2. The van der Waals surface area contributed by atoms with Crippen LogP contribution in [0.25, 0.3) is 0 Å². The van der Waals surface area contributed by atoms with Gasteiger partial charge in [-0.15, -0.1) is 0 Å². The molecule has 1 rings (SSSR count). The number of ether oxygens (including phenoxy) is 2. The lowest BCUT2D eigenvalue weighted by atomic mass is 10.4. The maximum absolute atomic E-state index is 10.2. The van der Waals surface area contributed by atoms with Crippen LogP contribution in [0.3, 0.4) is 0 Å². The zero-order valence-electron chi connectivity index (χ0n) is 7.48. The van der Waals surface area contributed by atoms with Crippen LogP contribution in [0.5, 0.6) is 11.8 Å². The molecule has 0 unspecified atom stereocenters. The fourth-order valence-electron chi connectivity index (χ4n) is 0.825. The van der Waals surface area contributed by atoms with Gasteiger partial charge in [0, 0.05) is 0 Å². The molecule has 0 radical (unpaired) electrons. The second-order valence-corrected chi connectivity index (χ2v) is 2.24. The second-order valence-electron chi connectivity index (χ2n) is 2.24. The monoisotopic (exact) mass is 182 g/mol. The third kappa shape index (κ3) is 2.40. The van der Waals surface area contributed by atoms with Crippen LogP contribution in [0.1, 0.15) is 5.82 Å². The van der Waals surface area contributed by atoms with Gasteiger partial charge in [-0.25, -0.2) is 0 Å². The van der Waals surface area contributed by atoms with Crippen molar-refractivity contribution in [1.82, 2.24) is 9.97 Å². The number of carbonyl (C=O) groups excluding carboxylic acids is 1. The number of hydrogen-bond acceptors (Lipinski definition) is 5. The van der Waals surface area contributed by atoms with Crippen molar-refractivity contribution in [2.75, 3.05) is 14.2 Å². The van der Waals surface area contributed by atoms with Crippen molar-refractivity contribution < 1.29 is 14.3 Å². The average Bonchev–Trinajstić information content (AvgIpc) is 2.17. The van der Waals surface area contributed by atoms with Gasteiger partial charge < -0.3 is 14.3 Å². The molecule has 0 amide bonds. The van der Waals surface area contributed by atoms with E-state index in [9.17, 15) is 4.79 Å². The molecule has 0 spiro atoms. The molecule has 0 aromatic carbocycles. The van der Waals surface area contributed by atoms with Crippen LogP contribution in [0, 0.1) is 0 Å². The number of carbonyl (C=O) groups is 1. The third-order valence-electron chi connectivity index (χ3n) is 1.41. The van der Waals surface area contributed by atoms with Crippen LogP contribution < -0.4 is 9.47 Å². The van der Waals surface area contributed by atoms with Crippen molar-refractivity contribution in [2.24, 2.45) is 0 Å². The van der Waals surface area contributed by atoms with Crippen LogP contribution >= 0.6 is 0 Å². The van der Waals surface area contributed by atoms with E-state index < -0.39 is 0 Å². The third-order valence-corrected chi connectivity index (χ3v) is 1.41. The largest absolute Gasteiger partial charge is 0.481 e. The molecule has 0 atom stereocenters. The van der Waals surface area contributed by atoms with Crippen molar-refractivity contribution >= 4 is 6.29 Å². The highest BCUT2D eigenvalue weighted by Crippen LogP contribution is 2.14. The number of methoxy groups -OCH3 is 2. The van der Waals surface area contributed by atoms with E-state index in [0.717, 1.165) is 6.29 Å². The Morgan fingerprint density at radius 3 is 2.23 bits per heavy atom. The molecule has 5 heteroatoms. The molecule has 0 aliphatic heterocycles. The predicted octanol–water partition coefficient (Wildman–Crippen LogP) is 0.235. The maximum Gasteiger partial charge on any atom is 0.220 e. The Labute approximate surface area is 75.7 Å². The summed E-state index contributed by atoms with van der Waals surface area (Å²) < 4.78 is 9.79. The Bertz CT molecular complexity index is 279. The summed E-state index contributed by atoms with van der Waals surface area (Å²) in [6.45, 7) is 0. The zero-order chi connectivity index (χ0) is 9.68. The molecule has 0 aliphatic rings. The van der Waals surface area contributed by atoms with Gasteiger partial charge >= 0.3 is 0 Å². The summed E-state index contributed by atoms with van der Waals surface area (Å²) >= 11 is 0. The Morgan fingerprint density at radius 1 is 1.31 bits per heavy atom. The van der Waals surface area contributed by atoms with E-state index in [2.05, 4.69) is 9.97 Å². The van der Waals surface area contributed by atoms with Gasteiger partial charge in [0.1, 0.15) is 12.1 Å². The van der Waals surface area contributed by atoms with Gasteiger partial charge in [0.25, 0.3) is 0 Å². The first-order valence-corrected chi connectivity index (χ1v) is 3.69. The van der Waals surface area contributed by atoms with E-state index in [0.29, 0.717) is 17.6 Å². The highest BCUT2D eigenvalue weighted by Gasteiger charge is 2.03. The number of nitrogens with zero attached hydrogens (tertiary/aromatic N) is 2. The van der Waals surface area contributed by atoms with Crippen LogP contribution in [0.4, 0.5) is 0 Å². The maximum atomic E-state index is 10.2. The van der Waals surface area contributed by atoms with Crippen LogP contribution in [-0.2, 0) is 11.2 Å². The minimum absolute atomic E-state index is 0.160. The molecule has 70 valence electrons. The van der Waals surface area contributed by atoms with Crippen molar-refractivity contribution in [1.29, 1.82) is 0 Å². The first-order valence-electron chi connectivity index (χ1n) is 3.69. The van der Waals surface area contributed by atoms with Gasteiger partial charge in [0.2, 0.25) is 11.8 Å². The van der Waals surface area contributed by atoms with E-state index in [4.69, 9.17) is 9.47 Å². The lowest BCUT2D eigenvalue weighted by Gasteiger charge is -2.03. The average molecular weight is 182 g/mol. The van der Waals surface area contributed by atoms with E-state index in [1.807, 2.05) is 0 Å². The smallest absolute Gasteiger partial charge is 0.220 e. The lowest BCUT2D eigenvalue weighted by Crippen LogP contribution is -2.00. The Hall–Kier alpha value is -1.65. The van der Waals surface area contributed by atoms with Crippen LogP contribution in [-0.4, -0.2) is 30.5 Å². The number of aldehydes is 1. The fourth-order valence-corrected chi connectivity index (χ4v) is 0.825. The Balaban J connectivity index is 2.99. The molecular formula is C8H10N2O3. The summed E-state index contributed by atoms with van der Waals surface area (Å²) in [6, 6.07) is 1.55. The lowest BCUT2D eigenvalue weighted by molar-refractivity contribution is -0.107. The van der Waals surface area contributed by atoms with Crippen molar-refractivity contribution in [3.63, 3.8) is 0 Å². The van der Waals surface area contributed by atoms with Crippen molar-refractivity contribution in [3.05, 3.63) is 11.9 Å². The van der Waals surface area contributed by atoms with Gasteiger partial charge in [-0.1, -0.05) is 0 Å². The van der Waals surface area contributed by atoms with Gasteiger partial charge in [-0.2, -0.15) is 9.97 Å². The fraction of sp³-hybridized carbons (Fsp3) is 0.375. The molecule has 0 saturated heterocycles. The van der Waals surface area contributed by atoms with Crippen molar-refractivity contribution in [2.45, 2.75) is 6.42 Å². The SMILES string of the molecule is COc1cc(OC)nc(CC=O)n1. The molecule has 13 heavy (non-hydrogen) atoms. The number of rotatable bonds is 4. The van der Waals surface area contributed by atoms with Gasteiger partial charge in [0.15, 0.2) is 0 Å². The minimum atomic E-state index is 0.160. The summed E-state index contributed by atoms with van der Waals surface area (Å²) in [7, 11) is 2.99. The first-order chi connectivity index (χ1) is 6.30. The Kier molecular flexibility index (Phi) is 3.19. The number of hydrogen-bond donors (Lipinski definition) is 0. The molecule has 1 aromatic heterocycles. The second kappa shape index (κ2) is 4.39. The van der Waals surface area contributed by atoms with E-state index in [1.54, 1.807) is 6.07 Å². The van der Waals surface area contributed by atoms with Gasteiger partial charge in [-0.05, 0) is 0 Å². The predicted molar refractivity (Wildman–Crippen MR) is 44.9 cm³/mol. The molecule has 0 aliphatic carbocycles. The van der Waals surface area contributed by atoms with E-state index in [1.165, 1.54) is 14.2 Å². The topological polar surface area (TPSA) is 61.3 Å². The molecule has 0 N–H and O–H groups in total. The highest BCUT2D eigenvalue weighted by atomic mass is 16.5. The van der Waals surface area contributed by atoms with Gasteiger partial charge in [0.05, 0.1) is 26.7 Å². The van der Waals surface area contributed by atoms with Gasteiger partial charge in [-0.3, -0.25) is 0 Å². The summed E-state index contributed by atoms with van der Waals surface area (Å²) in [5.41, 5.74) is 0. The van der Waals surface area contributed by atoms with Crippen LogP contribution in [0.15, 0.2) is 6.07 Å². The molecule has 5 nitrogen and oxygen atoms in total. The summed E-state index contributed by atoms with van der Waals surface area (Å²) in [5, 5.41) is 0.